The summed E-state index contributed by atoms with van der Waals surface area (Å²) >= 11 is 0. The molecule has 0 saturated heterocycles. The summed E-state index contributed by atoms with van der Waals surface area (Å²) in [5.41, 5.74) is 11.7. The molecule has 34 heavy (non-hydrogen) atoms. The first-order valence-electron chi connectivity index (χ1n) is 11.9. The standard InChI is InChI=1S/C29H37NO4/c1-5-6-7-8-23-9-11-26(12-10-23)27-18-24(13-15-33-28(31)21(2)3)17-25(19-27)14-16-34-29(32)22(4)20-30/h9-12,17-19H,2,4-8,13-16,20,30H2,1,3H3. The van der Waals surface area contributed by atoms with Gasteiger partial charge in [-0.1, -0.05) is 75.4 Å². The molecule has 0 radical (unpaired) electrons. The average molecular weight is 464 g/mol. The summed E-state index contributed by atoms with van der Waals surface area (Å²) in [6, 6.07) is 15.0. The van der Waals surface area contributed by atoms with Gasteiger partial charge in [0.05, 0.1) is 13.2 Å². The highest BCUT2D eigenvalue weighted by Crippen LogP contribution is 2.24. The van der Waals surface area contributed by atoms with Crippen LogP contribution in [0.1, 0.15) is 49.8 Å². The monoisotopic (exact) mass is 463 g/mol. The number of hydrogen-bond donors (Lipinski definition) is 1. The molecule has 0 aliphatic rings. The lowest BCUT2D eigenvalue weighted by atomic mass is 9.96. The van der Waals surface area contributed by atoms with E-state index in [1.165, 1.54) is 24.8 Å². The minimum Gasteiger partial charge on any atom is -0.462 e. The Labute approximate surface area is 203 Å². The summed E-state index contributed by atoms with van der Waals surface area (Å²) in [5.74, 6) is -0.855. The van der Waals surface area contributed by atoms with Crippen molar-refractivity contribution in [2.75, 3.05) is 19.8 Å². The Hall–Kier alpha value is -3.18. The first kappa shape index (κ1) is 27.1. The molecule has 0 fully saturated rings. The summed E-state index contributed by atoms with van der Waals surface area (Å²) in [6.45, 7) is 11.7. The Morgan fingerprint density at radius 3 is 1.91 bits per heavy atom. The van der Waals surface area contributed by atoms with Gasteiger partial charge in [0.25, 0.3) is 0 Å². The van der Waals surface area contributed by atoms with Gasteiger partial charge in [-0.25, -0.2) is 9.59 Å². The molecule has 2 N–H and O–H groups in total. The van der Waals surface area contributed by atoms with Crippen molar-refractivity contribution in [3.8, 4) is 11.1 Å². The second kappa shape index (κ2) is 14.2. The second-order valence-electron chi connectivity index (χ2n) is 8.55. The summed E-state index contributed by atoms with van der Waals surface area (Å²) in [4.78, 5) is 23.6. The molecule has 0 heterocycles. The highest BCUT2D eigenvalue weighted by molar-refractivity contribution is 5.88. The molecule has 182 valence electrons. The predicted molar refractivity (Wildman–Crippen MR) is 137 cm³/mol. The molecule has 0 bridgehead atoms. The van der Waals surface area contributed by atoms with Crippen LogP contribution in [0.15, 0.2) is 66.8 Å². The lowest BCUT2D eigenvalue weighted by Crippen LogP contribution is -2.16. The molecule has 5 nitrogen and oxygen atoms in total. The van der Waals surface area contributed by atoms with Crippen LogP contribution in [0.4, 0.5) is 0 Å². The quantitative estimate of drug-likeness (QED) is 0.232. The van der Waals surface area contributed by atoms with Crippen LogP contribution in [0.2, 0.25) is 0 Å². The van der Waals surface area contributed by atoms with Crippen molar-refractivity contribution in [3.63, 3.8) is 0 Å². The third-order valence-corrected chi connectivity index (χ3v) is 5.54. The minimum absolute atomic E-state index is 0.0792. The predicted octanol–water partition coefficient (Wildman–Crippen LogP) is 5.35. The number of carbonyl (C=O) groups excluding carboxylic acids is 2. The Morgan fingerprint density at radius 1 is 0.794 bits per heavy atom. The fraction of sp³-hybridized carbons (Fsp3) is 0.379. The van der Waals surface area contributed by atoms with Crippen molar-refractivity contribution in [2.24, 2.45) is 5.73 Å². The highest BCUT2D eigenvalue weighted by atomic mass is 16.5. The van der Waals surface area contributed by atoms with Crippen LogP contribution < -0.4 is 5.73 Å². The molecule has 0 atom stereocenters. The largest absolute Gasteiger partial charge is 0.462 e. The van der Waals surface area contributed by atoms with Crippen LogP contribution in [0.3, 0.4) is 0 Å². The number of carbonyl (C=O) groups is 2. The molecule has 0 aromatic heterocycles. The number of aryl methyl sites for hydroxylation is 1. The molecule has 2 aromatic rings. The average Bonchev–Trinajstić information content (AvgIpc) is 2.83. The van der Waals surface area contributed by atoms with Gasteiger partial charge in [0.15, 0.2) is 0 Å². The zero-order valence-electron chi connectivity index (χ0n) is 20.5. The summed E-state index contributed by atoms with van der Waals surface area (Å²) in [5, 5.41) is 0. The number of esters is 2. The molecule has 0 saturated carbocycles. The molecular formula is C29H37NO4. The van der Waals surface area contributed by atoms with E-state index in [9.17, 15) is 9.59 Å². The number of benzene rings is 2. The molecule has 0 spiro atoms. The number of hydrogen-bond acceptors (Lipinski definition) is 5. The Balaban J connectivity index is 2.16. The van der Waals surface area contributed by atoms with Crippen LogP contribution in [0, 0.1) is 0 Å². The number of rotatable bonds is 14. The molecule has 0 amide bonds. The molecule has 2 aromatic carbocycles. The maximum atomic E-state index is 11.8. The maximum absolute atomic E-state index is 11.8. The van der Waals surface area contributed by atoms with Crippen LogP contribution in [0.5, 0.6) is 0 Å². The van der Waals surface area contributed by atoms with Crippen LogP contribution >= 0.6 is 0 Å². The van der Waals surface area contributed by atoms with E-state index in [0.29, 0.717) is 18.4 Å². The van der Waals surface area contributed by atoms with Gasteiger partial charge in [0.1, 0.15) is 0 Å². The van der Waals surface area contributed by atoms with E-state index in [4.69, 9.17) is 15.2 Å². The van der Waals surface area contributed by atoms with E-state index in [1.54, 1.807) is 6.92 Å². The summed E-state index contributed by atoms with van der Waals surface area (Å²) in [7, 11) is 0. The number of nitrogens with two attached hydrogens (primary N) is 1. The van der Waals surface area contributed by atoms with Crippen molar-refractivity contribution < 1.29 is 19.1 Å². The van der Waals surface area contributed by atoms with E-state index in [2.05, 4.69) is 62.5 Å². The number of unbranched alkanes of at least 4 members (excludes halogenated alkanes) is 2. The molecule has 0 aliphatic carbocycles. The third-order valence-electron chi connectivity index (χ3n) is 5.54. The van der Waals surface area contributed by atoms with Crippen molar-refractivity contribution in [1.82, 2.24) is 0 Å². The highest BCUT2D eigenvalue weighted by Gasteiger charge is 2.09. The minimum atomic E-state index is -0.468. The van der Waals surface area contributed by atoms with E-state index < -0.39 is 5.97 Å². The van der Waals surface area contributed by atoms with Gasteiger partial charge >= 0.3 is 11.9 Å². The smallest absolute Gasteiger partial charge is 0.334 e. The lowest BCUT2D eigenvalue weighted by molar-refractivity contribution is -0.139. The van der Waals surface area contributed by atoms with E-state index in [1.807, 2.05) is 0 Å². The molecule has 5 heteroatoms. The van der Waals surface area contributed by atoms with Gasteiger partial charge in [-0.2, -0.15) is 0 Å². The van der Waals surface area contributed by atoms with Gasteiger partial charge in [0, 0.05) is 30.5 Å². The van der Waals surface area contributed by atoms with Crippen LogP contribution in [-0.4, -0.2) is 31.7 Å². The second-order valence-corrected chi connectivity index (χ2v) is 8.55. The lowest BCUT2D eigenvalue weighted by Gasteiger charge is -2.12. The van der Waals surface area contributed by atoms with Crippen molar-refractivity contribution in [1.29, 1.82) is 0 Å². The van der Waals surface area contributed by atoms with Gasteiger partial charge in [0.2, 0.25) is 0 Å². The van der Waals surface area contributed by atoms with E-state index in [-0.39, 0.29) is 31.3 Å². The Bertz CT molecular complexity index is 992. The van der Waals surface area contributed by atoms with Crippen molar-refractivity contribution >= 4 is 11.9 Å². The Morgan fingerprint density at radius 2 is 1.38 bits per heavy atom. The molecule has 0 unspecified atom stereocenters. The zero-order valence-corrected chi connectivity index (χ0v) is 20.5. The number of ether oxygens (including phenoxy) is 2. The SMILES string of the molecule is C=C(C)C(=O)OCCc1cc(CCOC(=O)C(=C)CN)cc(-c2ccc(CCCCC)cc2)c1. The topological polar surface area (TPSA) is 78.6 Å². The van der Waals surface area contributed by atoms with Gasteiger partial charge in [-0.15, -0.1) is 0 Å². The zero-order chi connectivity index (χ0) is 24.9. The van der Waals surface area contributed by atoms with E-state index in [0.717, 1.165) is 28.7 Å². The van der Waals surface area contributed by atoms with Gasteiger partial charge < -0.3 is 15.2 Å². The van der Waals surface area contributed by atoms with Crippen molar-refractivity contribution in [2.45, 2.75) is 52.4 Å². The first-order valence-corrected chi connectivity index (χ1v) is 11.9. The van der Waals surface area contributed by atoms with Crippen LogP contribution in [-0.2, 0) is 38.3 Å². The third kappa shape index (κ3) is 8.99. The van der Waals surface area contributed by atoms with Gasteiger partial charge in [-0.3, -0.25) is 0 Å². The normalized spacial score (nSPS) is 10.6. The first-order chi connectivity index (χ1) is 16.3. The van der Waals surface area contributed by atoms with E-state index >= 15 is 0 Å². The fourth-order valence-electron chi connectivity index (χ4n) is 3.49. The fourth-order valence-corrected chi connectivity index (χ4v) is 3.49. The summed E-state index contributed by atoms with van der Waals surface area (Å²) < 4.78 is 10.6. The Kier molecular flexibility index (Phi) is 11.3. The molecule has 2 rings (SSSR count). The maximum Gasteiger partial charge on any atom is 0.334 e. The van der Waals surface area contributed by atoms with Gasteiger partial charge in [-0.05, 0) is 47.6 Å². The molecular weight excluding hydrogens is 426 g/mol. The van der Waals surface area contributed by atoms with Crippen molar-refractivity contribution in [3.05, 3.63) is 83.5 Å². The van der Waals surface area contributed by atoms with Crippen LogP contribution in [0.25, 0.3) is 11.1 Å². The molecule has 0 aliphatic heterocycles. The summed E-state index contributed by atoms with van der Waals surface area (Å²) in [6.07, 6.45) is 5.89.